The van der Waals surface area contributed by atoms with Crippen molar-refractivity contribution in [3.05, 3.63) is 47.7 Å². The van der Waals surface area contributed by atoms with E-state index in [0.717, 1.165) is 5.56 Å². The summed E-state index contributed by atoms with van der Waals surface area (Å²) < 4.78 is 9.99. The van der Waals surface area contributed by atoms with Gasteiger partial charge in [0, 0.05) is 0 Å². The maximum absolute atomic E-state index is 12.4. The Morgan fingerprint density at radius 2 is 2.09 bits per heavy atom. The zero-order valence-corrected chi connectivity index (χ0v) is 14.6. The number of alkyl halides is 1. The van der Waals surface area contributed by atoms with Crippen LogP contribution in [0.15, 0.2) is 42.2 Å². The van der Waals surface area contributed by atoms with E-state index in [1.807, 2.05) is 30.3 Å². The molecule has 6 heteroatoms. The molecule has 1 aromatic carbocycles. The number of carbonyl (C=O) groups excluding carboxylic acids is 2. The van der Waals surface area contributed by atoms with Gasteiger partial charge in [-0.2, -0.15) is 0 Å². The van der Waals surface area contributed by atoms with E-state index in [0.29, 0.717) is 12.2 Å². The Bertz CT molecular complexity index is 613. The largest absolute Gasteiger partial charge is 0.464 e. The number of carbonyl (C=O) groups is 2. The van der Waals surface area contributed by atoms with Crippen molar-refractivity contribution in [3.63, 3.8) is 0 Å². The molecule has 0 saturated heterocycles. The summed E-state index contributed by atoms with van der Waals surface area (Å²) >= 11 is 3.38. The minimum absolute atomic E-state index is 0.108. The van der Waals surface area contributed by atoms with Crippen LogP contribution in [0, 0.1) is 5.92 Å². The highest BCUT2D eigenvalue weighted by atomic mass is 79.9. The van der Waals surface area contributed by atoms with Crippen LogP contribution in [0.5, 0.6) is 0 Å². The van der Waals surface area contributed by atoms with Crippen LogP contribution in [0.1, 0.15) is 19.4 Å². The Balaban J connectivity index is 2.33. The van der Waals surface area contributed by atoms with Crippen molar-refractivity contribution in [1.82, 2.24) is 0 Å². The summed E-state index contributed by atoms with van der Waals surface area (Å²) in [4.78, 5) is 23.7. The van der Waals surface area contributed by atoms with Gasteiger partial charge in [-0.25, -0.2) is 4.79 Å². The van der Waals surface area contributed by atoms with Gasteiger partial charge in [0.25, 0.3) is 0 Å². The number of benzene rings is 1. The van der Waals surface area contributed by atoms with E-state index in [9.17, 15) is 14.7 Å². The van der Waals surface area contributed by atoms with Crippen LogP contribution < -0.4 is 0 Å². The molecule has 5 nitrogen and oxygen atoms in total. The molecule has 1 N–H and O–H groups in total. The lowest BCUT2D eigenvalue weighted by molar-refractivity contribution is -0.174. The lowest BCUT2D eigenvalue weighted by atomic mass is 9.82. The average Bonchev–Trinajstić information content (AvgIpc) is 2.86. The van der Waals surface area contributed by atoms with Crippen LogP contribution in [-0.2, 0) is 25.5 Å². The van der Waals surface area contributed by atoms with Gasteiger partial charge in [0.15, 0.2) is 5.60 Å². The van der Waals surface area contributed by atoms with Crippen molar-refractivity contribution < 1.29 is 24.2 Å². The predicted molar refractivity (Wildman–Crippen MR) is 87.8 cm³/mol. The smallest absolute Gasteiger partial charge is 0.340 e. The van der Waals surface area contributed by atoms with Crippen LogP contribution in [0.25, 0.3) is 0 Å². The standard InChI is InChI=1S/C17H19BrO5/c1-3-22-16(20)17(21,13-9-11(2)23-15(13)19)14(18)10-12-7-5-4-6-8-12/h4-9,13-14,21H,3,10H2,1-2H3/t13-,14-,17+/m1/s1. The number of esters is 2. The fraction of sp³-hybridized carbons (Fsp3) is 0.412. The van der Waals surface area contributed by atoms with Gasteiger partial charge in [0.05, 0.1) is 11.4 Å². The Morgan fingerprint density at radius 1 is 1.43 bits per heavy atom. The summed E-state index contributed by atoms with van der Waals surface area (Å²) in [6.07, 6.45) is 1.81. The highest BCUT2D eigenvalue weighted by Crippen LogP contribution is 2.36. The molecule has 0 aromatic heterocycles. The molecular weight excluding hydrogens is 364 g/mol. The molecule has 2 rings (SSSR count). The van der Waals surface area contributed by atoms with Gasteiger partial charge in [0.2, 0.25) is 0 Å². The second-order valence-electron chi connectivity index (χ2n) is 5.38. The summed E-state index contributed by atoms with van der Waals surface area (Å²) in [5, 5.41) is 11.1. The van der Waals surface area contributed by atoms with Gasteiger partial charge in [-0.15, -0.1) is 0 Å². The number of ether oxygens (including phenoxy) is 2. The maximum Gasteiger partial charge on any atom is 0.340 e. The number of rotatable bonds is 6. The Kier molecular flexibility index (Phi) is 5.59. The first-order valence-electron chi connectivity index (χ1n) is 7.37. The second kappa shape index (κ2) is 7.27. The van der Waals surface area contributed by atoms with Gasteiger partial charge >= 0.3 is 11.9 Å². The van der Waals surface area contributed by atoms with Crippen molar-refractivity contribution >= 4 is 27.9 Å². The topological polar surface area (TPSA) is 72.8 Å². The van der Waals surface area contributed by atoms with Gasteiger partial charge in [-0.1, -0.05) is 46.3 Å². The van der Waals surface area contributed by atoms with Gasteiger partial charge in [-0.3, -0.25) is 4.79 Å². The number of halogens is 1. The third-order valence-corrected chi connectivity index (χ3v) is 4.75. The molecule has 124 valence electrons. The van der Waals surface area contributed by atoms with E-state index < -0.39 is 28.3 Å². The normalized spacial score (nSPS) is 21.1. The predicted octanol–water partition coefficient (Wildman–Crippen LogP) is 2.36. The molecule has 0 saturated carbocycles. The van der Waals surface area contributed by atoms with Crippen molar-refractivity contribution in [2.75, 3.05) is 6.61 Å². The monoisotopic (exact) mass is 382 g/mol. The Morgan fingerprint density at radius 3 is 2.61 bits per heavy atom. The van der Waals surface area contributed by atoms with Gasteiger partial charge in [0.1, 0.15) is 11.7 Å². The van der Waals surface area contributed by atoms with Crippen molar-refractivity contribution in [2.45, 2.75) is 30.7 Å². The van der Waals surface area contributed by atoms with E-state index in [2.05, 4.69) is 15.9 Å². The molecule has 1 heterocycles. The van der Waals surface area contributed by atoms with Crippen LogP contribution in [0.4, 0.5) is 0 Å². The molecule has 3 atom stereocenters. The molecule has 23 heavy (non-hydrogen) atoms. The molecule has 1 aliphatic rings. The maximum atomic E-state index is 12.4. The quantitative estimate of drug-likeness (QED) is 0.603. The minimum Gasteiger partial charge on any atom is -0.464 e. The van der Waals surface area contributed by atoms with E-state index in [1.165, 1.54) is 6.08 Å². The molecule has 1 aliphatic heterocycles. The third-order valence-electron chi connectivity index (χ3n) is 3.73. The highest BCUT2D eigenvalue weighted by molar-refractivity contribution is 9.09. The summed E-state index contributed by atoms with van der Waals surface area (Å²) in [6.45, 7) is 3.35. The molecule has 0 fully saturated rings. The van der Waals surface area contributed by atoms with Crippen LogP contribution in [0.3, 0.4) is 0 Å². The van der Waals surface area contributed by atoms with Crippen LogP contribution in [-0.4, -0.2) is 34.1 Å². The fourth-order valence-electron chi connectivity index (χ4n) is 2.54. The summed E-state index contributed by atoms with van der Waals surface area (Å²) in [7, 11) is 0. The lowest BCUT2D eigenvalue weighted by Crippen LogP contribution is -2.55. The first-order valence-corrected chi connectivity index (χ1v) is 8.28. The highest BCUT2D eigenvalue weighted by Gasteiger charge is 2.55. The summed E-state index contributed by atoms with van der Waals surface area (Å²) in [5.74, 6) is -2.24. The number of hydrogen-bond acceptors (Lipinski definition) is 5. The molecule has 0 bridgehead atoms. The van der Waals surface area contributed by atoms with Crippen LogP contribution >= 0.6 is 15.9 Å². The fourth-order valence-corrected chi connectivity index (χ4v) is 3.38. The minimum atomic E-state index is -2.04. The number of hydrogen-bond donors (Lipinski definition) is 1. The van der Waals surface area contributed by atoms with Gasteiger partial charge < -0.3 is 14.6 Å². The summed E-state index contributed by atoms with van der Waals surface area (Å²) in [6, 6.07) is 9.38. The SMILES string of the molecule is CCOC(=O)[C@@](O)([C@H](Br)Cc1ccccc1)[C@@H]1C=C(C)OC1=O. The van der Waals surface area contributed by atoms with Crippen molar-refractivity contribution in [2.24, 2.45) is 5.92 Å². The van der Waals surface area contributed by atoms with E-state index in [1.54, 1.807) is 13.8 Å². The lowest BCUT2D eigenvalue weighted by Gasteiger charge is -2.33. The molecule has 0 spiro atoms. The average molecular weight is 383 g/mol. The number of allylic oxidation sites excluding steroid dienone is 1. The Hall–Kier alpha value is -1.66. The van der Waals surface area contributed by atoms with Gasteiger partial charge in [-0.05, 0) is 31.9 Å². The molecule has 0 unspecified atom stereocenters. The number of aliphatic hydroxyl groups is 1. The second-order valence-corrected chi connectivity index (χ2v) is 6.48. The number of cyclic esters (lactones) is 1. The van der Waals surface area contributed by atoms with Crippen molar-refractivity contribution in [3.8, 4) is 0 Å². The molecule has 0 radical (unpaired) electrons. The molecule has 1 aromatic rings. The zero-order chi connectivity index (χ0) is 17.0. The first-order chi connectivity index (χ1) is 10.9. The summed E-state index contributed by atoms with van der Waals surface area (Å²) in [5.41, 5.74) is -1.12. The van der Waals surface area contributed by atoms with E-state index in [4.69, 9.17) is 9.47 Å². The van der Waals surface area contributed by atoms with Crippen LogP contribution in [0.2, 0.25) is 0 Å². The Labute approximate surface area is 143 Å². The van der Waals surface area contributed by atoms with E-state index in [-0.39, 0.29) is 6.61 Å². The van der Waals surface area contributed by atoms with Crippen molar-refractivity contribution in [1.29, 1.82) is 0 Å². The molecule has 0 aliphatic carbocycles. The molecular formula is C17H19BrO5. The zero-order valence-electron chi connectivity index (χ0n) is 13.0. The molecule has 0 amide bonds. The third kappa shape index (κ3) is 3.64. The first kappa shape index (κ1) is 17.7. The van der Waals surface area contributed by atoms with E-state index >= 15 is 0 Å².